The first kappa shape index (κ1) is 14.9. The molecule has 0 aliphatic carbocycles. The minimum Gasteiger partial charge on any atom is -0.350 e. The zero-order chi connectivity index (χ0) is 16.8. The van der Waals surface area contributed by atoms with E-state index in [4.69, 9.17) is 11.6 Å². The molecule has 6 nitrogen and oxygen atoms in total. The van der Waals surface area contributed by atoms with Crippen molar-refractivity contribution in [2.24, 2.45) is 7.05 Å². The normalized spacial score (nSPS) is 13.8. The van der Waals surface area contributed by atoms with Gasteiger partial charge in [0.15, 0.2) is 0 Å². The molecule has 0 amide bonds. The number of rotatable bonds is 1. The molecule has 3 heterocycles. The predicted molar refractivity (Wildman–Crippen MR) is 95.3 cm³/mol. The van der Waals surface area contributed by atoms with Gasteiger partial charge in [0.1, 0.15) is 9.88 Å². The van der Waals surface area contributed by atoms with Gasteiger partial charge in [-0.05, 0) is 29.7 Å². The molecule has 0 fully saturated rings. The van der Waals surface area contributed by atoms with Crippen molar-refractivity contribution in [3.8, 4) is 0 Å². The van der Waals surface area contributed by atoms with Gasteiger partial charge in [-0.15, -0.1) is 5.10 Å². The smallest absolute Gasteiger partial charge is 0.271 e. The molecule has 8 heteroatoms. The number of nitrogens with one attached hydrogen (secondary N) is 2. The number of benzene rings is 1. The van der Waals surface area contributed by atoms with Gasteiger partial charge >= 0.3 is 0 Å². The van der Waals surface area contributed by atoms with Crippen LogP contribution in [0.2, 0.25) is 5.02 Å². The Kier molecular flexibility index (Phi) is 3.40. The van der Waals surface area contributed by atoms with Gasteiger partial charge in [0.2, 0.25) is 0 Å². The number of H-pyrrole nitrogens is 2. The van der Waals surface area contributed by atoms with E-state index in [1.54, 1.807) is 0 Å². The van der Waals surface area contributed by atoms with E-state index >= 15 is 0 Å². The minimum atomic E-state index is -0.221. The molecule has 4 rings (SSSR count). The Morgan fingerprint density at radius 2 is 2.21 bits per heavy atom. The average Bonchev–Trinajstić information content (AvgIpc) is 3.21. The summed E-state index contributed by atoms with van der Waals surface area (Å²) in [4.78, 5) is 12.3. The van der Waals surface area contributed by atoms with Crippen LogP contribution < -0.4 is 16.1 Å². The van der Waals surface area contributed by atoms with Crippen LogP contribution in [0.5, 0.6) is 0 Å². The molecule has 0 saturated heterocycles. The lowest BCUT2D eigenvalue weighted by atomic mass is 10.1. The predicted octanol–water partition coefficient (Wildman–Crippen LogP) is 1.23. The number of aromatic nitrogens is 5. The molecule has 3 aromatic heterocycles. The maximum atomic E-state index is 12.3. The van der Waals surface area contributed by atoms with E-state index in [2.05, 4.69) is 26.4 Å². The maximum Gasteiger partial charge on any atom is 0.271 e. The van der Waals surface area contributed by atoms with Gasteiger partial charge in [-0.3, -0.25) is 15.0 Å². The number of hydrogen-bond donors (Lipinski definition) is 2. The summed E-state index contributed by atoms with van der Waals surface area (Å²) in [6.45, 7) is 3.84. The highest BCUT2D eigenvalue weighted by atomic mass is 35.5. The van der Waals surface area contributed by atoms with Gasteiger partial charge in [0.05, 0.1) is 15.6 Å². The quantitative estimate of drug-likeness (QED) is 0.537. The SMILES string of the molecule is C=c1nns/c1=c1\[nH][nH]c(=O)\c1=C/c1cn(C)c2cccc(Cl)c12. The van der Waals surface area contributed by atoms with E-state index in [-0.39, 0.29) is 5.56 Å². The number of aromatic amines is 2. The van der Waals surface area contributed by atoms with Crippen molar-refractivity contribution in [2.75, 3.05) is 0 Å². The largest absolute Gasteiger partial charge is 0.350 e. The van der Waals surface area contributed by atoms with E-state index in [0.29, 0.717) is 20.9 Å². The van der Waals surface area contributed by atoms with Crippen LogP contribution in [-0.4, -0.2) is 24.4 Å². The van der Waals surface area contributed by atoms with Crippen LogP contribution in [0.4, 0.5) is 0 Å². The Hall–Kier alpha value is -2.64. The topological polar surface area (TPSA) is 79.4 Å². The van der Waals surface area contributed by atoms with Crippen LogP contribution in [0.15, 0.2) is 29.2 Å². The van der Waals surface area contributed by atoms with Crippen molar-refractivity contribution in [3.63, 3.8) is 0 Å². The molecule has 120 valence electrons. The zero-order valence-electron chi connectivity index (χ0n) is 12.6. The molecule has 1 aromatic carbocycles. The molecule has 2 N–H and O–H groups in total. The number of aryl methyl sites for hydroxylation is 1. The second-order valence-electron chi connectivity index (χ2n) is 5.39. The fourth-order valence-electron chi connectivity index (χ4n) is 2.78. The van der Waals surface area contributed by atoms with Crippen LogP contribution in [0.25, 0.3) is 23.6 Å². The summed E-state index contributed by atoms with van der Waals surface area (Å²) >= 11 is 7.55. The summed E-state index contributed by atoms with van der Waals surface area (Å²) in [5.41, 5.74) is 1.65. The molecule has 0 saturated carbocycles. The fraction of sp³-hybridized carbons (Fsp3) is 0.0625. The lowest BCUT2D eigenvalue weighted by molar-refractivity contribution is 0.968. The van der Waals surface area contributed by atoms with Crippen molar-refractivity contribution in [2.45, 2.75) is 0 Å². The molecule has 0 bridgehead atoms. The van der Waals surface area contributed by atoms with E-state index in [1.165, 1.54) is 11.5 Å². The van der Waals surface area contributed by atoms with Gasteiger partial charge in [-0.25, -0.2) is 0 Å². The average molecular weight is 358 g/mol. The highest BCUT2D eigenvalue weighted by Crippen LogP contribution is 2.28. The first-order chi connectivity index (χ1) is 11.6. The molecule has 24 heavy (non-hydrogen) atoms. The summed E-state index contributed by atoms with van der Waals surface area (Å²) in [5, 5.41) is 12.6. The van der Waals surface area contributed by atoms with Crippen LogP contribution in [0, 0.1) is 9.88 Å². The van der Waals surface area contributed by atoms with E-state index in [9.17, 15) is 4.79 Å². The highest BCUT2D eigenvalue weighted by molar-refractivity contribution is 7.03. The van der Waals surface area contributed by atoms with Crippen molar-refractivity contribution >= 4 is 46.7 Å². The highest BCUT2D eigenvalue weighted by Gasteiger charge is 2.09. The number of nitrogens with zero attached hydrogens (tertiary/aromatic N) is 3. The first-order valence-electron chi connectivity index (χ1n) is 7.10. The Bertz CT molecular complexity index is 1330. The third kappa shape index (κ3) is 2.21. The van der Waals surface area contributed by atoms with Gasteiger partial charge in [-0.1, -0.05) is 28.7 Å². The third-order valence-corrected chi connectivity index (χ3v) is 4.99. The standard InChI is InChI=1S/C16H12ClN5OS/c1-8-15(24-21-18-8)14-10(16(23)20-19-14)6-9-7-22(2)12-5-3-4-11(17)13(9)12/h3-7,19H,1H2,2H3,(H,20,23)/b10-6-,15-14-. The lowest BCUT2D eigenvalue weighted by Gasteiger charge is -1.96. The van der Waals surface area contributed by atoms with Crippen molar-refractivity contribution in [3.05, 3.63) is 65.8 Å². The van der Waals surface area contributed by atoms with Crippen molar-refractivity contribution in [1.29, 1.82) is 0 Å². The minimum absolute atomic E-state index is 0.221. The number of hydrogen-bond acceptors (Lipinski definition) is 4. The Morgan fingerprint density at radius 1 is 1.38 bits per heavy atom. The van der Waals surface area contributed by atoms with Crippen LogP contribution in [0.3, 0.4) is 0 Å². The Balaban J connectivity index is 2.19. The Labute approximate surface area is 144 Å². The second kappa shape index (κ2) is 5.47. The van der Waals surface area contributed by atoms with Crippen LogP contribution in [-0.2, 0) is 7.05 Å². The monoisotopic (exact) mass is 357 g/mol. The first-order valence-corrected chi connectivity index (χ1v) is 8.25. The summed E-state index contributed by atoms with van der Waals surface area (Å²) in [6.07, 6.45) is 3.76. The molecule has 0 unspecified atom stereocenters. The van der Waals surface area contributed by atoms with Gasteiger partial charge in [-0.2, -0.15) is 0 Å². The number of fused-ring (bicyclic) bond motifs is 1. The lowest BCUT2D eigenvalue weighted by Crippen LogP contribution is -2.22. The van der Waals surface area contributed by atoms with E-state index < -0.39 is 0 Å². The third-order valence-electron chi connectivity index (χ3n) is 3.89. The molecule has 0 aliphatic rings. The molecule has 0 aliphatic heterocycles. The zero-order valence-corrected chi connectivity index (χ0v) is 14.2. The summed E-state index contributed by atoms with van der Waals surface area (Å²) in [6, 6.07) is 5.73. The van der Waals surface area contributed by atoms with Crippen LogP contribution in [0.1, 0.15) is 5.56 Å². The van der Waals surface area contributed by atoms with Gasteiger partial charge in [0.25, 0.3) is 5.56 Å². The Morgan fingerprint density at radius 3 is 2.96 bits per heavy atom. The molecule has 0 spiro atoms. The van der Waals surface area contributed by atoms with Gasteiger partial charge in [0, 0.05) is 29.7 Å². The molecule has 0 atom stereocenters. The molecular formula is C16H12ClN5OS. The number of halogens is 1. The second-order valence-corrected chi connectivity index (χ2v) is 6.55. The van der Waals surface area contributed by atoms with E-state index in [0.717, 1.165) is 21.0 Å². The van der Waals surface area contributed by atoms with Crippen molar-refractivity contribution in [1.82, 2.24) is 24.4 Å². The summed E-state index contributed by atoms with van der Waals surface area (Å²) < 4.78 is 6.59. The van der Waals surface area contributed by atoms with Crippen LogP contribution >= 0.6 is 23.1 Å². The molecule has 0 radical (unpaired) electrons. The van der Waals surface area contributed by atoms with E-state index in [1.807, 2.05) is 42.1 Å². The summed E-state index contributed by atoms with van der Waals surface area (Å²) in [7, 11) is 1.94. The van der Waals surface area contributed by atoms with Crippen molar-refractivity contribution < 1.29 is 0 Å². The maximum absolute atomic E-state index is 12.3. The summed E-state index contributed by atoms with van der Waals surface area (Å²) in [5.74, 6) is 0. The van der Waals surface area contributed by atoms with Gasteiger partial charge < -0.3 is 4.57 Å². The molecule has 4 aromatic rings. The molecular weight excluding hydrogens is 346 g/mol. The fourth-order valence-corrected chi connectivity index (χ4v) is 3.68.